The average Bonchev–Trinajstić information content (AvgIpc) is 2.58. The van der Waals surface area contributed by atoms with Gasteiger partial charge in [-0.1, -0.05) is 12.8 Å². The fraction of sp³-hybridized carbons (Fsp3) is 0.667. The van der Waals surface area contributed by atoms with Crippen LogP contribution in [0.2, 0.25) is 0 Å². The minimum atomic E-state index is 0. The highest BCUT2D eigenvalue weighted by Crippen LogP contribution is 2.09. The number of imidazole rings is 1. The first-order chi connectivity index (χ1) is 8.27. The third kappa shape index (κ3) is 4.15. The summed E-state index contributed by atoms with van der Waals surface area (Å²) in [5.41, 5.74) is 7.12. The molecule has 18 heavy (non-hydrogen) atoms. The molecule has 1 aliphatic heterocycles. The van der Waals surface area contributed by atoms with E-state index in [9.17, 15) is 0 Å². The van der Waals surface area contributed by atoms with Crippen LogP contribution >= 0.6 is 24.0 Å². The number of aryl methyl sites for hydroxylation is 1. The number of halogens is 1. The molecule has 1 fully saturated rings. The molecular weight excluding hydrogens is 341 g/mol. The second kappa shape index (κ2) is 7.60. The Hall–Kier alpha value is -0.790. The van der Waals surface area contributed by atoms with Gasteiger partial charge in [0.1, 0.15) is 0 Å². The Labute approximate surface area is 125 Å². The molecule has 0 spiro atoms. The van der Waals surface area contributed by atoms with Crippen LogP contribution in [0.25, 0.3) is 0 Å². The summed E-state index contributed by atoms with van der Waals surface area (Å²) in [5.74, 6) is 0.674. The van der Waals surface area contributed by atoms with Crippen LogP contribution < -0.4 is 5.73 Å². The minimum absolute atomic E-state index is 0. The van der Waals surface area contributed by atoms with Gasteiger partial charge in [0.25, 0.3) is 0 Å². The highest BCUT2D eigenvalue weighted by Gasteiger charge is 2.10. The zero-order valence-corrected chi connectivity index (χ0v) is 13.2. The van der Waals surface area contributed by atoms with Crippen LogP contribution in [0, 0.1) is 0 Å². The van der Waals surface area contributed by atoms with Crippen LogP contribution in [0.5, 0.6) is 0 Å². The summed E-state index contributed by atoms with van der Waals surface area (Å²) in [7, 11) is 1.97. The van der Waals surface area contributed by atoms with E-state index < -0.39 is 0 Å². The fourth-order valence-electron chi connectivity index (χ4n) is 2.10. The Bertz CT molecular complexity index is 380. The molecule has 5 nitrogen and oxygen atoms in total. The van der Waals surface area contributed by atoms with Gasteiger partial charge in [-0.15, -0.1) is 24.0 Å². The molecular formula is C12H22IN5. The molecule has 0 bridgehead atoms. The molecule has 2 N–H and O–H groups in total. The quantitative estimate of drug-likeness (QED) is 0.495. The van der Waals surface area contributed by atoms with Gasteiger partial charge >= 0.3 is 0 Å². The first kappa shape index (κ1) is 15.3. The molecule has 1 aliphatic rings. The van der Waals surface area contributed by atoms with E-state index in [1.165, 1.54) is 25.7 Å². The monoisotopic (exact) mass is 363 g/mol. The normalized spacial score (nSPS) is 17.2. The molecule has 1 aromatic rings. The van der Waals surface area contributed by atoms with E-state index in [4.69, 9.17) is 5.73 Å². The molecule has 0 atom stereocenters. The lowest BCUT2D eigenvalue weighted by atomic mass is 10.2. The van der Waals surface area contributed by atoms with Crippen molar-refractivity contribution in [2.75, 3.05) is 13.1 Å². The van der Waals surface area contributed by atoms with E-state index >= 15 is 0 Å². The van der Waals surface area contributed by atoms with Crippen molar-refractivity contribution in [1.29, 1.82) is 0 Å². The van der Waals surface area contributed by atoms with Gasteiger partial charge in [-0.05, 0) is 12.8 Å². The van der Waals surface area contributed by atoms with E-state index in [0.717, 1.165) is 18.8 Å². The molecule has 6 heteroatoms. The summed E-state index contributed by atoms with van der Waals surface area (Å²) < 4.78 is 1.97. The third-order valence-electron chi connectivity index (χ3n) is 3.25. The highest BCUT2D eigenvalue weighted by molar-refractivity contribution is 14.0. The molecule has 0 saturated carbocycles. The molecule has 0 aliphatic carbocycles. The fourth-order valence-corrected chi connectivity index (χ4v) is 2.10. The van der Waals surface area contributed by atoms with E-state index in [0.29, 0.717) is 12.5 Å². The van der Waals surface area contributed by atoms with Gasteiger partial charge in [0.05, 0.1) is 24.8 Å². The third-order valence-corrected chi connectivity index (χ3v) is 3.25. The maximum absolute atomic E-state index is 6.03. The molecule has 2 heterocycles. The second-order valence-corrected chi connectivity index (χ2v) is 4.57. The van der Waals surface area contributed by atoms with Crippen molar-refractivity contribution in [3.63, 3.8) is 0 Å². The first-order valence-electron chi connectivity index (χ1n) is 6.27. The maximum Gasteiger partial charge on any atom is 0.191 e. The van der Waals surface area contributed by atoms with Crippen LogP contribution in [-0.4, -0.2) is 33.5 Å². The molecule has 0 aromatic carbocycles. The summed E-state index contributed by atoms with van der Waals surface area (Å²) >= 11 is 0. The molecule has 0 amide bonds. The van der Waals surface area contributed by atoms with Crippen LogP contribution in [0.4, 0.5) is 0 Å². The van der Waals surface area contributed by atoms with E-state index in [1.807, 2.05) is 17.8 Å². The molecule has 102 valence electrons. The van der Waals surface area contributed by atoms with Crippen LogP contribution in [0.3, 0.4) is 0 Å². The highest BCUT2D eigenvalue weighted by atomic mass is 127. The zero-order chi connectivity index (χ0) is 12.1. The molecule has 0 radical (unpaired) electrons. The van der Waals surface area contributed by atoms with Gasteiger partial charge in [0, 0.05) is 20.1 Å². The Morgan fingerprint density at radius 3 is 2.56 bits per heavy atom. The Morgan fingerprint density at radius 1 is 1.33 bits per heavy atom. The number of hydrogen-bond acceptors (Lipinski definition) is 2. The van der Waals surface area contributed by atoms with Gasteiger partial charge in [0.15, 0.2) is 5.96 Å². The smallest absolute Gasteiger partial charge is 0.191 e. The van der Waals surface area contributed by atoms with Gasteiger partial charge in [-0.25, -0.2) is 9.98 Å². The molecule has 1 saturated heterocycles. The number of guanidine groups is 1. The van der Waals surface area contributed by atoms with Crippen LogP contribution in [-0.2, 0) is 13.6 Å². The summed E-state index contributed by atoms with van der Waals surface area (Å²) in [5, 5.41) is 0. The van der Waals surface area contributed by atoms with Gasteiger partial charge in [-0.2, -0.15) is 0 Å². The van der Waals surface area contributed by atoms with Gasteiger partial charge in [-0.3, -0.25) is 0 Å². The number of likely N-dealkylation sites (tertiary alicyclic amines) is 1. The zero-order valence-electron chi connectivity index (χ0n) is 10.9. The van der Waals surface area contributed by atoms with E-state index in [-0.39, 0.29) is 24.0 Å². The largest absolute Gasteiger partial charge is 0.370 e. The number of rotatable bonds is 2. The van der Waals surface area contributed by atoms with E-state index in [1.54, 1.807) is 6.33 Å². The van der Waals surface area contributed by atoms with Crippen LogP contribution in [0.1, 0.15) is 31.4 Å². The van der Waals surface area contributed by atoms with Crippen molar-refractivity contribution < 1.29 is 0 Å². The summed E-state index contributed by atoms with van der Waals surface area (Å²) in [6.07, 6.45) is 8.69. The predicted molar refractivity (Wildman–Crippen MR) is 84.0 cm³/mol. The van der Waals surface area contributed by atoms with Gasteiger partial charge < -0.3 is 15.2 Å². The second-order valence-electron chi connectivity index (χ2n) is 4.57. The van der Waals surface area contributed by atoms with Crippen molar-refractivity contribution in [2.24, 2.45) is 17.8 Å². The van der Waals surface area contributed by atoms with E-state index in [2.05, 4.69) is 14.9 Å². The van der Waals surface area contributed by atoms with Gasteiger partial charge in [0.2, 0.25) is 0 Å². The lowest BCUT2D eigenvalue weighted by Crippen LogP contribution is -2.38. The number of hydrogen-bond donors (Lipinski definition) is 1. The number of nitrogens with zero attached hydrogens (tertiary/aromatic N) is 4. The maximum atomic E-state index is 6.03. The van der Waals surface area contributed by atoms with Crippen molar-refractivity contribution >= 4 is 29.9 Å². The lowest BCUT2D eigenvalue weighted by Gasteiger charge is -2.21. The van der Waals surface area contributed by atoms with Crippen molar-refractivity contribution in [3.8, 4) is 0 Å². The number of nitrogens with two attached hydrogens (primary N) is 1. The Morgan fingerprint density at radius 2 is 2.00 bits per heavy atom. The minimum Gasteiger partial charge on any atom is -0.370 e. The molecule has 0 unspecified atom stereocenters. The molecule has 1 aromatic heterocycles. The molecule has 2 rings (SSSR count). The van der Waals surface area contributed by atoms with Crippen LogP contribution in [0.15, 0.2) is 17.5 Å². The van der Waals surface area contributed by atoms with Crippen molar-refractivity contribution in [1.82, 2.24) is 14.5 Å². The number of aromatic nitrogens is 2. The first-order valence-corrected chi connectivity index (χ1v) is 6.27. The lowest BCUT2D eigenvalue weighted by molar-refractivity contribution is 0.428. The Balaban J connectivity index is 0.00000162. The van der Waals surface area contributed by atoms with Crippen molar-refractivity contribution in [2.45, 2.75) is 32.2 Å². The summed E-state index contributed by atoms with van der Waals surface area (Å²) in [6, 6.07) is 0. The summed E-state index contributed by atoms with van der Waals surface area (Å²) in [6.45, 7) is 2.69. The van der Waals surface area contributed by atoms with Crippen molar-refractivity contribution in [3.05, 3.63) is 18.2 Å². The SMILES string of the molecule is Cn1cncc1CN=C(N)N1CCCCCC1.I. The summed E-state index contributed by atoms with van der Waals surface area (Å²) in [4.78, 5) is 10.7. The average molecular weight is 363 g/mol. The number of aliphatic imine (C=N–C) groups is 1. The standard InChI is InChI=1S/C12H21N5.HI/c1-16-10-14-8-11(16)9-15-12(13)17-6-4-2-3-5-7-17;/h8,10H,2-7,9H2,1H3,(H2,13,15);1H. The topological polar surface area (TPSA) is 59.4 Å². The Kier molecular flexibility index (Phi) is 6.45. The predicted octanol–water partition coefficient (Wildman–Crippen LogP) is 1.73.